The van der Waals surface area contributed by atoms with E-state index in [4.69, 9.17) is 11.0 Å². The average molecular weight is 303 g/mol. The molecular formula is C16H22FN5. The lowest BCUT2D eigenvalue weighted by molar-refractivity contribution is 0.267. The summed E-state index contributed by atoms with van der Waals surface area (Å²) < 4.78 is 13.6. The highest BCUT2D eigenvalue weighted by Gasteiger charge is 2.22. The Bertz CT molecular complexity index is 578. The Morgan fingerprint density at radius 3 is 3.14 bits per heavy atom. The number of nitrogens with zero attached hydrogens (tertiary/aromatic N) is 3. The summed E-state index contributed by atoms with van der Waals surface area (Å²) in [6.45, 7) is 5.20. The van der Waals surface area contributed by atoms with E-state index >= 15 is 0 Å². The first kappa shape index (κ1) is 16.2. The molecule has 1 atom stereocenters. The Kier molecular flexibility index (Phi) is 5.73. The second-order valence-electron chi connectivity index (χ2n) is 5.43. The number of halogens is 1. The second kappa shape index (κ2) is 7.76. The Balaban J connectivity index is 1.89. The number of hydrogen-bond donors (Lipinski definition) is 2. The second-order valence-corrected chi connectivity index (χ2v) is 5.43. The summed E-state index contributed by atoms with van der Waals surface area (Å²) in [6.07, 6.45) is 2.37. The van der Waals surface area contributed by atoms with E-state index in [9.17, 15) is 4.39 Å². The fraction of sp³-hybridized carbons (Fsp3) is 0.500. The van der Waals surface area contributed by atoms with Gasteiger partial charge in [0.05, 0.1) is 18.2 Å². The topological polar surface area (TPSA) is 77.4 Å². The minimum Gasteiger partial charge on any atom is -0.370 e. The van der Waals surface area contributed by atoms with Gasteiger partial charge in [-0.1, -0.05) is 6.92 Å². The number of hydrogen-bond acceptors (Lipinski definition) is 3. The van der Waals surface area contributed by atoms with E-state index in [-0.39, 0.29) is 12.4 Å². The molecule has 1 aromatic carbocycles. The minimum atomic E-state index is -0.372. The molecular weight excluding hydrogens is 281 g/mol. The number of nitrogens with one attached hydrogen (secondary N) is 1. The van der Waals surface area contributed by atoms with Gasteiger partial charge in [0, 0.05) is 18.2 Å². The normalized spacial score (nSPS) is 19.1. The number of nitrogens with two attached hydrogens (primary N) is 1. The first-order chi connectivity index (χ1) is 10.6. The van der Waals surface area contributed by atoms with Gasteiger partial charge in [0.2, 0.25) is 0 Å². The van der Waals surface area contributed by atoms with E-state index in [1.54, 1.807) is 0 Å². The Labute approximate surface area is 130 Å². The van der Waals surface area contributed by atoms with Crippen LogP contribution in [0.4, 0.5) is 4.39 Å². The Morgan fingerprint density at radius 1 is 1.59 bits per heavy atom. The summed E-state index contributed by atoms with van der Waals surface area (Å²) in [5, 5.41) is 11.9. The van der Waals surface area contributed by atoms with Crippen LogP contribution in [-0.2, 0) is 6.54 Å². The van der Waals surface area contributed by atoms with Crippen LogP contribution in [0, 0.1) is 17.1 Å². The summed E-state index contributed by atoms with van der Waals surface area (Å²) in [6, 6.07) is 6.70. The van der Waals surface area contributed by atoms with Gasteiger partial charge in [0.25, 0.3) is 0 Å². The van der Waals surface area contributed by atoms with Crippen molar-refractivity contribution in [3.63, 3.8) is 0 Å². The molecule has 2 rings (SSSR count). The third-order valence-corrected chi connectivity index (χ3v) is 4.02. The predicted molar refractivity (Wildman–Crippen MR) is 84.7 cm³/mol. The van der Waals surface area contributed by atoms with Crippen molar-refractivity contribution in [1.29, 1.82) is 5.26 Å². The molecule has 0 saturated carbocycles. The van der Waals surface area contributed by atoms with Gasteiger partial charge in [-0.05, 0) is 44.1 Å². The molecule has 0 spiro atoms. The number of guanidine groups is 1. The maximum Gasteiger partial charge on any atom is 0.188 e. The van der Waals surface area contributed by atoms with Gasteiger partial charge in [-0.25, -0.2) is 9.38 Å². The predicted octanol–water partition coefficient (Wildman–Crippen LogP) is 1.59. The molecule has 1 saturated heterocycles. The molecule has 1 aliphatic heterocycles. The van der Waals surface area contributed by atoms with Crippen molar-refractivity contribution in [2.24, 2.45) is 10.7 Å². The molecule has 1 fully saturated rings. The molecule has 1 aliphatic rings. The standard InChI is InChI=1S/C16H22FN5/c1-2-22-7-3-4-14(22)11-21-16(19)20-10-13-8-12(9-18)5-6-15(13)17/h5-6,8,14H,2-4,7,10-11H2,1H3,(H3,19,20,21). The number of nitriles is 1. The SMILES string of the molecule is CCN1CCCC1CNC(N)=NCc1cc(C#N)ccc1F. The van der Waals surface area contributed by atoms with E-state index in [0.717, 1.165) is 26.1 Å². The largest absolute Gasteiger partial charge is 0.370 e. The van der Waals surface area contributed by atoms with Crippen LogP contribution >= 0.6 is 0 Å². The van der Waals surface area contributed by atoms with Crippen molar-refractivity contribution in [1.82, 2.24) is 10.2 Å². The lowest BCUT2D eigenvalue weighted by Gasteiger charge is -2.23. The van der Waals surface area contributed by atoms with Crippen molar-refractivity contribution >= 4 is 5.96 Å². The lowest BCUT2D eigenvalue weighted by Crippen LogP contribution is -2.42. The molecule has 6 heteroatoms. The zero-order chi connectivity index (χ0) is 15.9. The molecule has 1 unspecified atom stereocenters. The van der Waals surface area contributed by atoms with Crippen molar-refractivity contribution in [2.75, 3.05) is 19.6 Å². The quantitative estimate of drug-likeness (QED) is 0.639. The van der Waals surface area contributed by atoms with E-state index < -0.39 is 0 Å². The minimum absolute atomic E-state index is 0.127. The van der Waals surface area contributed by atoms with Gasteiger partial charge in [-0.3, -0.25) is 4.90 Å². The highest BCUT2D eigenvalue weighted by Crippen LogP contribution is 2.15. The van der Waals surface area contributed by atoms with E-state index in [2.05, 4.69) is 22.1 Å². The van der Waals surface area contributed by atoms with E-state index in [1.807, 2.05) is 6.07 Å². The van der Waals surface area contributed by atoms with Gasteiger partial charge in [-0.15, -0.1) is 0 Å². The van der Waals surface area contributed by atoms with Crippen molar-refractivity contribution in [3.05, 3.63) is 35.1 Å². The van der Waals surface area contributed by atoms with Crippen LogP contribution in [0.3, 0.4) is 0 Å². The number of aliphatic imine (C=N–C) groups is 1. The third kappa shape index (κ3) is 4.18. The monoisotopic (exact) mass is 303 g/mol. The van der Waals surface area contributed by atoms with E-state index in [0.29, 0.717) is 23.1 Å². The molecule has 0 amide bonds. The highest BCUT2D eigenvalue weighted by atomic mass is 19.1. The summed E-state index contributed by atoms with van der Waals surface area (Å²) in [7, 11) is 0. The fourth-order valence-electron chi connectivity index (χ4n) is 2.76. The zero-order valence-corrected chi connectivity index (χ0v) is 12.8. The number of likely N-dealkylation sites (N-methyl/N-ethyl adjacent to an activating group) is 1. The summed E-state index contributed by atoms with van der Waals surface area (Å²) in [5.41, 5.74) is 6.63. The third-order valence-electron chi connectivity index (χ3n) is 4.02. The van der Waals surface area contributed by atoms with Gasteiger partial charge >= 0.3 is 0 Å². The van der Waals surface area contributed by atoms with Crippen molar-refractivity contribution < 1.29 is 4.39 Å². The average Bonchev–Trinajstić information content (AvgIpc) is 2.99. The smallest absolute Gasteiger partial charge is 0.188 e. The van der Waals surface area contributed by atoms with Gasteiger partial charge < -0.3 is 11.1 Å². The molecule has 0 bridgehead atoms. The maximum atomic E-state index is 13.6. The van der Waals surface area contributed by atoms with Crippen LogP contribution in [-0.4, -0.2) is 36.5 Å². The molecule has 3 N–H and O–H groups in total. The van der Waals surface area contributed by atoms with Gasteiger partial charge in [0.15, 0.2) is 5.96 Å². The Hall–Kier alpha value is -2.13. The maximum absolute atomic E-state index is 13.6. The number of benzene rings is 1. The molecule has 1 heterocycles. The lowest BCUT2D eigenvalue weighted by atomic mass is 10.1. The number of likely N-dealkylation sites (tertiary alicyclic amines) is 1. The van der Waals surface area contributed by atoms with Crippen LogP contribution in [0.1, 0.15) is 30.9 Å². The zero-order valence-electron chi connectivity index (χ0n) is 12.8. The highest BCUT2D eigenvalue weighted by molar-refractivity contribution is 5.77. The molecule has 0 aliphatic carbocycles. The van der Waals surface area contributed by atoms with Crippen molar-refractivity contribution in [3.8, 4) is 6.07 Å². The van der Waals surface area contributed by atoms with Gasteiger partial charge in [-0.2, -0.15) is 5.26 Å². The number of rotatable bonds is 5. The fourth-order valence-corrected chi connectivity index (χ4v) is 2.76. The van der Waals surface area contributed by atoms with Crippen LogP contribution in [0.2, 0.25) is 0 Å². The first-order valence-corrected chi connectivity index (χ1v) is 7.60. The van der Waals surface area contributed by atoms with Crippen molar-refractivity contribution in [2.45, 2.75) is 32.4 Å². The van der Waals surface area contributed by atoms with Crippen LogP contribution in [0.15, 0.2) is 23.2 Å². The van der Waals surface area contributed by atoms with Crippen LogP contribution in [0.5, 0.6) is 0 Å². The van der Waals surface area contributed by atoms with E-state index in [1.165, 1.54) is 24.6 Å². The summed E-state index contributed by atoms with van der Waals surface area (Å²) in [5.74, 6) is -0.0618. The molecule has 118 valence electrons. The van der Waals surface area contributed by atoms with Crippen LogP contribution < -0.4 is 11.1 Å². The molecule has 0 radical (unpaired) electrons. The first-order valence-electron chi connectivity index (χ1n) is 7.60. The Morgan fingerprint density at radius 2 is 2.41 bits per heavy atom. The van der Waals surface area contributed by atoms with Crippen LogP contribution in [0.25, 0.3) is 0 Å². The molecule has 5 nitrogen and oxygen atoms in total. The molecule has 22 heavy (non-hydrogen) atoms. The molecule has 0 aromatic heterocycles. The summed E-state index contributed by atoms with van der Waals surface area (Å²) in [4.78, 5) is 6.57. The van der Waals surface area contributed by atoms with Gasteiger partial charge in [0.1, 0.15) is 5.82 Å². The molecule has 1 aromatic rings. The summed E-state index contributed by atoms with van der Waals surface area (Å²) >= 11 is 0.